The van der Waals surface area contributed by atoms with Gasteiger partial charge in [-0.05, 0) is 37.2 Å². The van der Waals surface area contributed by atoms with E-state index in [9.17, 15) is 0 Å². The van der Waals surface area contributed by atoms with E-state index in [0.29, 0.717) is 5.82 Å². The molecule has 0 spiro atoms. The van der Waals surface area contributed by atoms with E-state index < -0.39 is 0 Å². The number of isothiocyanates is 1. The summed E-state index contributed by atoms with van der Waals surface area (Å²) < 4.78 is 0. The zero-order chi connectivity index (χ0) is 9.80. The standard InChI is InChI=1S/C10H11N3S/c14-8-12-10-9(4-3-5-11-10)13-6-1-2-7-13/h3-5H,1-2,6-7H2. The molecule has 2 rings (SSSR count). The first-order valence-electron chi connectivity index (χ1n) is 4.69. The van der Waals surface area contributed by atoms with Crippen LogP contribution in [0.3, 0.4) is 0 Å². The molecular weight excluding hydrogens is 194 g/mol. The monoisotopic (exact) mass is 205 g/mol. The SMILES string of the molecule is S=C=Nc1ncccc1N1CCCC1. The molecule has 1 fully saturated rings. The summed E-state index contributed by atoms with van der Waals surface area (Å²) in [7, 11) is 0. The average molecular weight is 205 g/mol. The number of aliphatic imine (C=N–C) groups is 1. The van der Waals surface area contributed by atoms with Gasteiger partial charge in [-0.25, -0.2) is 4.98 Å². The fourth-order valence-corrected chi connectivity index (χ4v) is 1.81. The van der Waals surface area contributed by atoms with Crippen LogP contribution in [0.5, 0.6) is 0 Å². The number of rotatable bonds is 2. The molecule has 0 saturated carbocycles. The van der Waals surface area contributed by atoms with Crippen LogP contribution in [0.15, 0.2) is 23.3 Å². The van der Waals surface area contributed by atoms with Gasteiger partial charge in [0.05, 0.1) is 10.8 Å². The second-order valence-electron chi connectivity index (χ2n) is 3.24. The molecule has 0 N–H and O–H groups in total. The van der Waals surface area contributed by atoms with E-state index in [-0.39, 0.29) is 0 Å². The molecule has 2 heterocycles. The van der Waals surface area contributed by atoms with Gasteiger partial charge in [0.1, 0.15) is 0 Å². The fraction of sp³-hybridized carbons (Fsp3) is 0.400. The number of nitrogens with zero attached hydrogens (tertiary/aromatic N) is 3. The highest BCUT2D eigenvalue weighted by Crippen LogP contribution is 2.28. The summed E-state index contributed by atoms with van der Waals surface area (Å²) in [6.45, 7) is 2.18. The first-order chi connectivity index (χ1) is 6.92. The van der Waals surface area contributed by atoms with Gasteiger partial charge in [-0.2, -0.15) is 4.99 Å². The van der Waals surface area contributed by atoms with Crippen molar-refractivity contribution in [2.75, 3.05) is 18.0 Å². The first kappa shape index (κ1) is 9.31. The summed E-state index contributed by atoms with van der Waals surface area (Å²) in [5, 5.41) is 2.37. The van der Waals surface area contributed by atoms with Gasteiger partial charge < -0.3 is 4.90 Å². The zero-order valence-corrected chi connectivity index (χ0v) is 8.63. The van der Waals surface area contributed by atoms with Crippen molar-refractivity contribution in [1.29, 1.82) is 0 Å². The highest BCUT2D eigenvalue weighted by molar-refractivity contribution is 7.78. The van der Waals surface area contributed by atoms with E-state index in [1.165, 1.54) is 12.8 Å². The predicted molar refractivity (Wildman–Crippen MR) is 60.4 cm³/mol. The second kappa shape index (κ2) is 4.31. The van der Waals surface area contributed by atoms with Crippen LogP contribution in [0, 0.1) is 0 Å². The van der Waals surface area contributed by atoms with E-state index in [1.807, 2.05) is 12.1 Å². The molecule has 4 heteroatoms. The molecule has 1 aromatic rings. The van der Waals surface area contributed by atoms with Crippen LogP contribution in [0.2, 0.25) is 0 Å². The zero-order valence-electron chi connectivity index (χ0n) is 7.81. The molecule has 3 nitrogen and oxygen atoms in total. The first-order valence-corrected chi connectivity index (χ1v) is 5.10. The Morgan fingerprint density at radius 1 is 1.43 bits per heavy atom. The molecule has 1 aliphatic heterocycles. The van der Waals surface area contributed by atoms with E-state index in [0.717, 1.165) is 18.8 Å². The van der Waals surface area contributed by atoms with Crippen molar-refractivity contribution in [2.45, 2.75) is 12.8 Å². The van der Waals surface area contributed by atoms with Crippen LogP contribution in [0.1, 0.15) is 12.8 Å². The van der Waals surface area contributed by atoms with Crippen molar-refractivity contribution >= 4 is 28.9 Å². The Labute approximate surface area is 88.5 Å². The van der Waals surface area contributed by atoms with Gasteiger partial charge in [0, 0.05) is 19.3 Å². The Morgan fingerprint density at radius 2 is 2.21 bits per heavy atom. The largest absolute Gasteiger partial charge is 0.368 e. The van der Waals surface area contributed by atoms with Gasteiger partial charge in [-0.1, -0.05) is 0 Å². The Bertz CT molecular complexity index is 365. The summed E-state index contributed by atoms with van der Waals surface area (Å²) in [5.74, 6) is 0.685. The highest BCUT2D eigenvalue weighted by Gasteiger charge is 2.15. The van der Waals surface area contributed by atoms with Crippen LogP contribution in [-0.2, 0) is 0 Å². The summed E-state index contributed by atoms with van der Waals surface area (Å²) >= 11 is 4.59. The molecule has 1 aromatic heterocycles. The fourth-order valence-electron chi connectivity index (χ4n) is 1.72. The lowest BCUT2D eigenvalue weighted by Crippen LogP contribution is -2.17. The van der Waals surface area contributed by atoms with E-state index in [1.54, 1.807) is 6.20 Å². The average Bonchev–Trinajstić information content (AvgIpc) is 2.72. The van der Waals surface area contributed by atoms with Crippen LogP contribution < -0.4 is 4.90 Å². The van der Waals surface area contributed by atoms with Crippen molar-refractivity contribution in [2.24, 2.45) is 4.99 Å². The lowest BCUT2D eigenvalue weighted by molar-refractivity contribution is 0.949. The van der Waals surface area contributed by atoms with Gasteiger partial charge in [0.2, 0.25) is 0 Å². The highest BCUT2D eigenvalue weighted by atomic mass is 32.1. The maximum absolute atomic E-state index is 4.59. The van der Waals surface area contributed by atoms with E-state index >= 15 is 0 Å². The van der Waals surface area contributed by atoms with Crippen molar-refractivity contribution in [3.8, 4) is 0 Å². The van der Waals surface area contributed by atoms with Crippen molar-refractivity contribution in [1.82, 2.24) is 4.98 Å². The smallest absolute Gasteiger partial charge is 0.186 e. The minimum atomic E-state index is 0.685. The molecule has 14 heavy (non-hydrogen) atoms. The molecule has 0 bridgehead atoms. The summed E-state index contributed by atoms with van der Waals surface area (Å²) in [6.07, 6.45) is 4.22. The van der Waals surface area contributed by atoms with Crippen LogP contribution in [-0.4, -0.2) is 23.2 Å². The lowest BCUT2D eigenvalue weighted by Gasteiger charge is -2.17. The minimum Gasteiger partial charge on any atom is -0.368 e. The van der Waals surface area contributed by atoms with Gasteiger partial charge in [0.15, 0.2) is 5.82 Å². The molecule has 0 radical (unpaired) electrons. The summed E-state index contributed by atoms with van der Waals surface area (Å²) in [5.41, 5.74) is 1.07. The normalized spacial score (nSPS) is 15.3. The third-order valence-corrected chi connectivity index (χ3v) is 2.46. The van der Waals surface area contributed by atoms with Gasteiger partial charge in [0.25, 0.3) is 0 Å². The number of anilines is 1. The molecule has 0 atom stereocenters. The van der Waals surface area contributed by atoms with E-state index in [4.69, 9.17) is 0 Å². The summed E-state index contributed by atoms with van der Waals surface area (Å²) in [6, 6.07) is 3.96. The summed E-state index contributed by atoms with van der Waals surface area (Å²) in [4.78, 5) is 10.4. The van der Waals surface area contributed by atoms with Crippen LogP contribution in [0.25, 0.3) is 0 Å². The number of hydrogen-bond donors (Lipinski definition) is 0. The Balaban J connectivity index is 2.34. The predicted octanol–water partition coefficient (Wildman–Crippen LogP) is 2.42. The Hall–Kier alpha value is -1.25. The number of aromatic nitrogens is 1. The van der Waals surface area contributed by atoms with Gasteiger partial charge >= 0.3 is 0 Å². The topological polar surface area (TPSA) is 28.5 Å². The lowest BCUT2D eigenvalue weighted by atomic mass is 10.3. The second-order valence-corrected chi connectivity index (χ2v) is 3.43. The number of thiocarbonyl (C=S) groups is 1. The van der Waals surface area contributed by atoms with Crippen molar-refractivity contribution < 1.29 is 0 Å². The van der Waals surface area contributed by atoms with Crippen LogP contribution >= 0.6 is 12.2 Å². The Morgan fingerprint density at radius 3 is 2.93 bits per heavy atom. The van der Waals surface area contributed by atoms with Crippen molar-refractivity contribution in [3.05, 3.63) is 18.3 Å². The molecule has 0 unspecified atom stereocenters. The van der Waals surface area contributed by atoms with Crippen LogP contribution in [0.4, 0.5) is 11.5 Å². The van der Waals surface area contributed by atoms with E-state index in [2.05, 4.69) is 32.3 Å². The molecule has 72 valence electrons. The maximum atomic E-state index is 4.59. The third-order valence-electron chi connectivity index (χ3n) is 2.36. The number of hydrogen-bond acceptors (Lipinski definition) is 4. The van der Waals surface area contributed by atoms with Gasteiger partial charge in [-0.15, -0.1) is 0 Å². The molecule has 1 saturated heterocycles. The maximum Gasteiger partial charge on any atom is 0.186 e. The quantitative estimate of drug-likeness (QED) is 0.548. The Kier molecular flexibility index (Phi) is 2.87. The minimum absolute atomic E-state index is 0.685. The third kappa shape index (κ3) is 1.81. The molecule has 0 aliphatic carbocycles. The molecule has 1 aliphatic rings. The molecule has 0 amide bonds. The molecular formula is C10H11N3S. The van der Waals surface area contributed by atoms with Gasteiger partial charge in [-0.3, -0.25) is 0 Å². The number of pyridine rings is 1. The van der Waals surface area contributed by atoms with Crippen molar-refractivity contribution in [3.63, 3.8) is 0 Å². The molecule has 0 aromatic carbocycles.